The summed E-state index contributed by atoms with van der Waals surface area (Å²) in [7, 11) is 0. The van der Waals surface area contributed by atoms with E-state index in [-0.39, 0.29) is 11.9 Å². The van der Waals surface area contributed by atoms with E-state index >= 15 is 0 Å². The van der Waals surface area contributed by atoms with Crippen molar-refractivity contribution in [3.8, 4) is 0 Å². The van der Waals surface area contributed by atoms with Crippen LogP contribution in [0, 0.1) is 5.82 Å². The largest absolute Gasteiger partial charge is 0.306 e. The number of hydrogen-bond donors (Lipinski definition) is 1. The van der Waals surface area contributed by atoms with E-state index in [1.165, 1.54) is 12.1 Å². The molecule has 2 aromatic rings. The third-order valence-electron chi connectivity index (χ3n) is 2.90. The molecule has 0 aliphatic rings. The molecular formula is C15H14Cl2FN. The van der Waals surface area contributed by atoms with Gasteiger partial charge in [-0.05, 0) is 36.4 Å². The van der Waals surface area contributed by atoms with Gasteiger partial charge in [0.2, 0.25) is 0 Å². The van der Waals surface area contributed by atoms with Crippen LogP contribution in [0.4, 0.5) is 4.39 Å². The van der Waals surface area contributed by atoms with Gasteiger partial charge in [0.1, 0.15) is 5.82 Å². The van der Waals surface area contributed by atoms with Crippen molar-refractivity contribution in [1.29, 1.82) is 0 Å². The molecule has 0 bridgehead atoms. The first kappa shape index (κ1) is 14.3. The Bertz CT molecular complexity index is 534. The standard InChI is InChI=1S/C15H14Cl2FN/c1-2-19-15(10-6-8-11(18)9-7-10)14-12(16)4-3-5-13(14)17/h3-9,15,19H,2H2,1H3. The van der Waals surface area contributed by atoms with Gasteiger partial charge in [-0.2, -0.15) is 0 Å². The zero-order chi connectivity index (χ0) is 13.8. The second-order valence-electron chi connectivity index (χ2n) is 4.18. The van der Waals surface area contributed by atoms with Gasteiger partial charge in [-0.1, -0.05) is 48.3 Å². The Kier molecular flexibility index (Phi) is 4.81. The van der Waals surface area contributed by atoms with Crippen LogP contribution in [-0.2, 0) is 0 Å². The number of nitrogens with one attached hydrogen (secondary N) is 1. The zero-order valence-electron chi connectivity index (χ0n) is 10.5. The smallest absolute Gasteiger partial charge is 0.123 e. The summed E-state index contributed by atoms with van der Waals surface area (Å²) in [6.07, 6.45) is 0. The molecule has 1 unspecified atom stereocenters. The molecule has 19 heavy (non-hydrogen) atoms. The highest BCUT2D eigenvalue weighted by atomic mass is 35.5. The van der Waals surface area contributed by atoms with Crippen molar-refractivity contribution in [3.63, 3.8) is 0 Å². The van der Waals surface area contributed by atoms with E-state index in [4.69, 9.17) is 23.2 Å². The Balaban J connectivity index is 2.48. The van der Waals surface area contributed by atoms with Crippen LogP contribution in [0.1, 0.15) is 24.1 Å². The molecule has 0 heterocycles. The zero-order valence-corrected chi connectivity index (χ0v) is 12.0. The first-order valence-electron chi connectivity index (χ1n) is 6.06. The van der Waals surface area contributed by atoms with Crippen molar-refractivity contribution in [2.75, 3.05) is 6.54 Å². The molecule has 100 valence electrons. The minimum Gasteiger partial charge on any atom is -0.306 e. The molecule has 0 saturated heterocycles. The molecule has 0 fully saturated rings. The minimum atomic E-state index is -0.260. The molecule has 0 aliphatic carbocycles. The summed E-state index contributed by atoms with van der Waals surface area (Å²) in [5.74, 6) is -0.260. The normalized spacial score (nSPS) is 12.4. The maximum atomic E-state index is 13.0. The lowest BCUT2D eigenvalue weighted by molar-refractivity contribution is 0.614. The van der Waals surface area contributed by atoms with Crippen LogP contribution >= 0.6 is 23.2 Å². The van der Waals surface area contributed by atoms with Gasteiger partial charge in [0, 0.05) is 15.6 Å². The molecule has 1 atom stereocenters. The molecule has 2 rings (SSSR count). The van der Waals surface area contributed by atoms with Crippen LogP contribution in [0.3, 0.4) is 0 Å². The van der Waals surface area contributed by atoms with Crippen LogP contribution in [0.25, 0.3) is 0 Å². The van der Waals surface area contributed by atoms with Gasteiger partial charge in [-0.3, -0.25) is 0 Å². The predicted molar refractivity (Wildman–Crippen MR) is 78.4 cm³/mol. The Morgan fingerprint density at radius 1 is 1.05 bits per heavy atom. The Hall–Kier alpha value is -1.09. The SMILES string of the molecule is CCNC(c1ccc(F)cc1)c1c(Cl)cccc1Cl. The fraction of sp³-hybridized carbons (Fsp3) is 0.200. The second-order valence-corrected chi connectivity index (χ2v) is 4.99. The lowest BCUT2D eigenvalue weighted by atomic mass is 9.98. The average molecular weight is 298 g/mol. The van der Waals surface area contributed by atoms with E-state index < -0.39 is 0 Å². The highest BCUT2D eigenvalue weighted by molar-refractivity contribution is 6.36. The van der Waals surface area contributed by atoms with Gasteiger partial charge < -0.3 is 5.32 Å². The van der Waals surface area contributed by atoms with Crippen LogP contribution in [-0.4, -0.2) is 6.54 Å². The molecular weight excluding hydrogens is 284 g/mol. The van der Waals surface area contributed by atoms with Gasteiger partial charge in [-0.25, -0.2) is 4.39 Å². The Morgan fingerprint density at radius 2 is 1.63 bits per heavy atom. The number of rotatable bonds is 4. The predicted octanol–water partition coefficient (Wildman–Crippen LogP) is 4.83. The minimum absolute atomic E-state index is 0.146. The van der Waals surface area contributed by atoms with E-state index in [2.05, 4.69) is 5.32 Å². The van der Waals surface area contributed by atoms with E-state index in [0.717, 1.165) is 17.7 Å². The summed E-state index contributed by atoms with van der Waals surface area (Å²) in [6.45, 7) is 2.75. The Labute approximate surface area is 122 Å². The van der Waals surface area contributed by atoms with Crippen LogP contribution in [0.15, 0.2) is 42.5 Å². The first-order valence-corrected chi connectivity index (χ1v) is 6.81. The van der Waals surface area contributed by atoms with Crippen molar-refractivity contribution in [2.45, 2.75) is 13.0 Å². The maximum absolute atomic E-state index is 13.0. The first-order chi connectivity index (χ1) is 9.13. The van der Waals surface area contributed by atoms with Crippen LogP contribution < -0.4 is 5.32 Å². The summed E-state index contributed by atoms with van der Waals surface area (Å²) >= 11 is 12.5. The lowest BCUT2D eigenvalue weighted by Gasteiger charge is -2.21. The van der Waals surface area contributed by atoms with E-state index in [1.807, 2.05) is 13.0 Å². The van der Waals surface area contributed by atoms with Crippen molar-refractivity contribution in [2.24, 2.45) is 0 Å². The quantitative estimate of drug-likeness (QED) is 0.852. The van der Waals surface area contributed by atoms with Gasteiger partial charge in [0.25, 0.3) is 0 Å². The highest BCUT2D eigenvalue weighted by Crippen LogP contribution is 2.34. The molecule has 0 radical (unpaired) electrons. The molecule has 0 saturated carbocycles. The monoisotopic (exact) mass is 297 g/mol. The highest BCUT2D eigenvalue weighted by Gasteiger charge is 2.19. The molecule has 4 heteroatoms. The number of benzene rings is 2. The van der Waals surface area contributed by atoms with Crippen molar-refractivity contribution < 1.29 is 4.39 Å². The van der Waals surface area contributed by atoms with E-state index in [0.29, 0.717) is 10.0 Å². The van der Waals surface area contributed by atoms with Gasteiger partial charge in [0.15, 0.2) is 0 Å². The van der Waals surface area contributed by atoms with Gasteiger partial charge >= 0.3 is 0 Å². The molecule has 0 spiro atoms. The average Bonchev–Trinajstić information content (AvgIpc) is 2.38. The van der Waals surface area contributed by atoms with Crippen LogP contribution in [0.2, 0.25) is 10.0 Å². The molecule has 1 N–H and O–H groups in total. The fourth-order valence-electron chi connectivity index (χ4n) is 2.03. The maximum Gasteiger partial charge on any atom is 0.123 e. The molecule has 0 aliphatic heterocycles. The number of halogens is 3. The molecule has 2 aromatic carbocycles. The summed E-state index contributed by atoms with van der Waals surface area (Å²) in [4.78, 5) is 0. The third kappa shape index (κ3) is 3.27. The van der Waals surface area contributed by atoms with Crippen molar-refractivity contribution >= 4 is 23.2 Å². The summed E-state index contributed by atoms with van der Waals surface area (Å²) in [5.41, 5.74) is 1.75. The number of hydrogen-bond acceptors (Lipinski definition) is 1. The second kappa shape index (κ2) is 6.38. The Morgan fingerprint density at radius 3 is 2.16 bits per heavy atom. The third-order valence-corrected chi connectivity index (χ3v) is 3.56. The summed E-state index contributed by atoms with van der Waals surface area (Å²) in [5, 5.41) is 4.52. The molecule has 0 aromatic heterocycles. The van der Waals surface area contributed by atoms with E-state index in [9.17, 15) is 4.39 Å². The van der Waals surface area contributed by atoms with E-state index in [1.54, 1.807) is 24.3 Å². The van der Waals surface area contributed by atoms with Gasteiger partial charge in [0.05, 0.1) is 6.04 Å². The topological polar surface area (TPSA) is 12.0 Å². The fourth-order valence-corrected chi connectivity index (χ4v) is 2.65. The molecule has 1 nitrogen and oxygen atoms in total. The summed E-state index contributed by atoms with van der Waals surface area (Å²) in [6, 6.07) is 11.6. The van der Waals surface area contributed by atoms with Crippen molar-refractivity contribution in [3.05, 3.63) is 69.5 Å². The van der Waals surface area contributed by atoms with Crippen molar-refractivity contribution in [1.82, 2.24) is 5.32 Å². The summed E-state index contributed by atoms with van der Waals surface area (Å²) < 4.78 is 13.0. The lowest BCUT2D eigenvalue weighted by Crippen LogP contribution is -2.22. The van der Waals surface area contributed by atoms with Gasteiger partial charge in [-0.15, -0.1) is 0 Å². The molecule has 0 amide bonds. The van der Waals surface area contributed by atoms with Crippen LogP contribution in [0.5, 0.6) is 0 Å².